The summed E-state index contributed by atoms with van der Waals surface area (Å²) in [4.78, 5) is 11.0. The zero-order valence-corrected chi connectivity index (χ0v) is 13.9. The van der Waals surface area contributed by atoms with Gasteiger partial charge in [0.05, 0.1) is 0 Å². The van der Waals surface area contributed by atoms with E-state index in [2.05, 4.69) is 56.7 Å². The monoisotopic (exact) mass is 311 g/mol. The maximum absolute atomic E-state index is 4.44. The minimum absolute atomic E-state index is 0.499. The molecule has 1 aliphatic rings. The lowest BCUT2D eigenvalue weighted by Crippen LogP contribution is -2.38. The summed E-state index contributed by atoms with van der Waals surface area (Å²) in [6.07, 6.45) is 4.06. The van der Waals surface area contributed by atoms with Crippen LogP contribution in [0.1, 0.15) is 24.0 Å². The second-order valence-electron chi connectivity index (χ2n) is 6.12. The molecule has 0 bridgehead atoms. The Hall–Kier alpha value is -2.14. The highest BCUT2D eigenvalue weighted by atomic mass is 15.2. The lowest BCUT2D eigenvalue weighted by atomic mass is 10.1. The molecule has 0 amide bonds. The summed E-state index contributed by atoms with van der Waals surface area (Å²) < 4.78 is 0. The molecular weight excluding hydrogens is 286 g/mol. The highest BCUT2D eigenvalue weighted by Gasteiger charge is 2.25. The van der Waals surface area contributed by atoms with E-state index in [1.807, 2.05) is 13.1 Å². The van der Waals surface area contributed by atoms with Crippen molar-refractivity contribution in [3.05, 3.63) is 47.8 Å². The van der Waals surface area contributed by atoms with E-state index in [1.54, 1.807) is 6.33 Å². The van der Waals surface area contributed by atoms with Gasteiger partial charge in [0.1, 0.15) is 18.0 Å². The Bertz CT molecular complexity index is 643. The third-order valence-electron chi connectivity index (χ3n) is 4.37. The van der Waals surface area contributed by atoms with E-state index in [9.17, 15) is 0 Å². The van der Waals surface area contributed by atoms with E-state index in [-0.39, 0.29) is 0 Å². The van der Waals surface area contributed by atoms with Gasteiger partial charge in [-0.3, -0.25) is 0 Å². The summed E-state index contributed by atoms with van der Waals surface area (Å²) in [5, 5.41) is 6.68. The van der Waals surface area contributed by atoms with Gasteiger partial charge in [-0.25, -0.2) is 9.97 Å². The number of aromatic nitrogens is 2. The molecule has 1 unspecified atom stereocenters. The minimum atomic E-state index is 0.499. The molecule has 1 saturated heterocycles. The Morgan fingerprint density at radius 2 is 2.17 bits per heavy atom. The van der Waals surface area contributed by atoms with Gasteiger partial charge in [-0.2, -0.15) is 0 Å². The van der Waals surface area contributed by atoms with Crippen molar-refractivity contribution in [2.45, 2.75) is 32.4 Å². The fourth-order valence-electron chi connectivity index (χ4n) is 3.20. The average Bonchev–Trinajstić information content (AvgIpc) is 3.03. The van der Waals surface area contributed by atoms with E-state index in [0.717, 1.165) is 31.3 Å². The maximum Gasteiger partial charge on any atom is 0.134 e. The van der Waals surface area contributed by atoms with Crippen molar-refractivity contribution in [1.29, 1.82) is 0 Å². The smallest absolute Gasteiger partial charge is 0.134 e. The second kappa shape index (κ2) is 7.42. The van der Waals surface area contributed by atoms with Gasteiger partial charge < -0.3 is 15.5 Å². The molecule has 1 fully saturated rings. The molecule has 1 atom stereocenters. The van der Waals surface area contributed by atoms with E-state index in [4.69, 9.17) is 0 Å². The van der Waals surface area contributed by atoms with Gasteiger partial charge in [0.2, 0.25) is 0 Å². The quantitative estimate of drug-likeness (QED) is 0.859. The van der Waals surface area contributed by atoms with Crippen molar-refractivity contribution in [3.8, 4) is 0 Å². The molecule has 0 radical (unpaired) electrons. The van der Waals surface area contributed by atoms with Crippen LogP contribution in [0.5, 0.6) is 0 Å². The van der Waals surface area contributed by atoms with Crippen molar-refractivity contribution in [3.63, 3.8) is 0 Å². The van der Waals surface area contributed by atoms with Crippen LogP contribution in [0, 0.1) is 6.92 Å². The summed E-state index contributed by atoms with van der Waals surface area (Å²) in [6, 6.07) is 11.2. The SMILES string of the molecule is CNc1cc(N2CCCC2CNCc2cccc(C)c2)ncn1. The number of hydrogen-bond acceptors (Lipinski definition) is 5. The zero-order valence-electron chi connectivity index (χ0n) is 13.9. The number of hydrogen-bond donors (Lipinski definition) is 2. The van der Waals surface area contributed by atoms with Crippen LogP contribution < -0.4 is 15.5 Å². The summed E-state index contributed by atoms with van der Waals surface area (Å²) in [7, 11) is 1.89. The van der Waals surface area contributed by atoms with Crippen molar-refractivity contribution in [2.24, 2.45) is 0 Å². The number of nitrogens with zero attached hydrogens (tertiary/aromatic N) is 3. The summed E-state index contributed by atoms with van der Waals surface area (Å²) in [5.74, 6) is 1.89. The number of nitrogens with one attached hydrogen (secondary N) is 2. The normalized spacial score (nSPS) is 17.5. The third-order valence-corrected chi connectivity index (χ3v) is 4.37. The number of benzene rings is 1. The van der Waals surface area contributed by atoms with E-state index in [0.29, 0.717) is 6.04 Å². The van der Waals surface area contributed by atoms with Crippen LogP contribution in [-0.4, -0.2) is 36.1 Å². The van der Waals surface area contributed by atoms with Gasteiger partial charge in [0.25, 0.3) is 0 Å². The fourth-order valence-corrected chi connectivity index (χ4v) is 3.20. The molecule has 5 nitrogen and oxygen atoms in total. The molecule has 0 spiro atoms. The van der Waals surface area contributed by atoms with Gasteiger partial charge in [0.15, 0.2) is 0 Å². The molecule has 0 aliphatic carbocycles. The zero-order chi connectivity index (χ0) is 16.1. The second-order valence-corrected chi connectivity index (χ2v) is 6.12. The van der Waals surface area contributed by atoms with Crippen molar-refractivity contribution in [2.75, 3.05) is 30.4 Å². The molecule has 2 N–H and O–H groups in total. The highest BCUT2D eigenvalue weighted by Crippen LogP contribution is 2.24. The Balaban J connectivity index is 1.58. The molecule has 23 heavy (non-hydrogen) atoms. The summed E-state index contributed by atoms with van der Waals surface area (Å²) >= 11 is 0. The Morgan fingerprint density at radius 1 is 1.26 bits per heavy atom. The predicted octanol–water partition coefficient (Wildman–Crippen LogP) is 2.59. The van der Waals surface area contributed by atoms with Gasteiger partial charge in [-0.1, -0.05) is 29.8 Å². The number of anilines is 2. The molecule has 3 rings (SSSR count). The van der Waals surface area contributed by atoms with Crippen molar-refractivity contribution in [1.82, 2.24) is 15.3 Å². The van der Waals surface area contributed by atoms with Crippen LogP contribution in [0.15, 0.2) is 36.7 Å². The maximum atomic E-state index is 4.44. The molecule has 2 aromatic rings. The Labute approximate surface area is 138 Å². The first-order valence-electron chi connectivity index (χ1n) is 8.29. The first-order chi connectivity index (χ1) is 11.3. The van der Waals surface area contributed by atoms with Crippen LogP contribution in [0.3, 0.4) is 0 Å². The number of aryl methyl sites for hydroxylation is 1. The Morgan fingerprint density at radius 3 is 3.00 bits per heavy atom. The van der Waals surface area contributed by atoms with Gasteiger partial charge in [-0.05, 0) is 25.3 Å². The minimum Gasteiger partial charge on any atom is -0.373 e. The lowest BCUT2D eigenvalue weighted by Gasteiger charge is -2.26. The van der Waals surface area contributed by atoms with Gasteiger partial charge >= 0.3 is 0 Å². The lowest BCUT2D eigenvalue weighted by molar-refractivity contribution is 0.570. The van der Waals surface area contributed by atoms with E-state index in [1.165, 1.54) is 24.0 Å². The molecule has 5 heteroatoms. The van der Waals surface area contributed by atoms with Crippen LogP contribution in [0.25, 0.3) is 0 Å². The van der Waals surface area contributed by atoms with Gasteiger partial charge in [-0.15, -0.1) is 0 Å². The molecule has 2 heterocycles. The van der Waals surface area contributed by atoms with Crippen LogP contribution in [-0.2, 0) is 6.54 Å². The fraction of sp³-hybridized carbons (Fsp3) is 0.444. The van der Waals surface area contributed by atoms with Crippen LogP contribution >= 0.6 is 0 Å². The predicted molar refractivity (Wildman–Crippen MR) is 94.8 cm³/mol. The molecule has 0 saturated carbocycles. The molecule has 1 aliphatic heterocycles. The summed E-state index contributed by atoms with van der Waals surface area (Å²) in [6.45, 7) is 5.10. The first kappa shape index (κ1) is 15.7. The first-order valence-corrected chi connectivity index (χ1v) is 8.29. The molecular formula is C18H25N5. The molecule has 1 aromatic carbocycles. The van der Waals surface area contributed by atoms with Gasteiger partial charge in [0, 0.05) is 38.8 Å². The molecule has 1 aromatic heterocycles. The Kier molecular flexibility index (Phi) is 5.08. The topological polar surface area (TPSA) is 53.1 Å². The van der Waals surface area contributed by atoms with Crippen LogP contribution in [0.4, 0.5) is 11.6 Å². The number of rotatable bonds is 6. The third kappa shape index (κ3) is 3.99. The van der Waals surface area contributed by atoms with Crippen molar-refractivity contribution < 1.29 is 0 Å². The van der Waals surface area contributed by atoms with Crippen molar-refractivity contribution >= 4 is 11.6 Å². The van der Waals surface area contributed by atoms with Crippen LogP contribution in [0.2, 0.25) is 0 Å². The average molecular weight is 311 g/mol. The van der Waals surface area contributed by atoms with E-state index < -0.39 is 0 Å². The van der Waals surface area contributed by atoms with E-state index >= 15 is 0 Å². The molecule has 122 valence electrons. The summed E-state index contributed by atoms with van der Waals surface area (Å²) in [5.41, 5.74) is 2.65. The highest BCUT2D eigenvalue weighted by molar-refractivity contribution is 5.49. The standard InChI is InChI=1S/C18H25N5/c1-14-5-3-6-15(9-14)11-20-12-16-7-4-8-23(16)18-10-17(19-2)21-13-22-18/h3,5-6,9-10,13,16,20H,4,7-8,11-12H2,1-2H3,(H,19,21,22). The largest absolute Gasteiger partial charge is 0.373 e.